The maximum Gasteiger partial charge on any atom is 0.181 e. The van der Waals surface area contributed by atoms with Crippen LogP contribution in [0.3, 0.4) is 0 Å². The van der Waals surface area contributed by atoms with Crippen LogP contribution in [-0.2, 0) is 0 Å². The molecule has 0 saturated carbocycles. The third-order valence-electron chi connectivity index (χ3n) is 1.84. The molecule has 0 atom stereocenters. The number of rotatable bonds is 6. The molecule has 0 aliphatic rings. The Morgan fingerprint density at radius 3 is 2.79 bits per heavy atom. The molecule has 0 unspecified atom stereocenters. The second-order valence-electron chi connectivity index (χ2n) is 2.91. The fourth-order valence-corrected chi connectivity index (χ4v) is 1.57. The zero-order chi connectivity index (χ0) is 10.2. The maximum absolute atomic E-state index is 5.66. The van der Waals surface area contributed by atoms with Crippen LogP contribution in [0.4, 0.5) is 5.69 Å². The molecule has 0 bridgehead atoms. The summed E-state index contributed by atoms with van der Waals surface area (Å²) in [5.74, 6) is 2.83. The molecule has 0 aromatic heterocycles. The average Bonchev–Trinajstić information content (AvgIpc) is 2.21. The van der Waals surface area contributed by atoms with Gasteiger partial charge in [0.2, 0.25) is 0 Å². The lowest BCUT2D eigenvalue weighted by Gasteiger charge is -2.07. The summed E-state index contributed by atoms with van der Waals surface area (Å²) in [5, 5.41) is 2.19. The van der Waals surface area contributed by atoms with Gasteiger partial charge in [0.05, 0.1) is 6.54 Å². The predicted molar refractivity (Wildman–Crippen MR) is 62.2 cm³/mol. The van der Waals surface area contributed by atoms with Crippen molar-refractivity contribution in [1.82, 2.24) is 0 Å². The number of thioether (sulfide) groups is 1. The molecular weight excluding hydrogens is 194 g/mol. The van der Waals surface area contributed by atoms with Crippen molar-refractivity contribution in [2.24, 2.45) is 0 Å². The first-order valence-electron chi connectivity index (χ1n) is 5.01. The van der Waals surface area contributed by atoms with Gasteiger partial charge in [-0.2, -0.15) is 0 Å². The molecule has 14 heavy (non-hydrogen) atoms. The number of nitrogens with two attached hydrogens (primary N) is 1. The van der Waals surface area contributed by atoms with Crippen LogP contribution in [0.25, 0.3) is 0 Å². The van der Waals surface area contributed by atoms with E-state index in [2.05, 4.69) is 25.2 Å². The zero-order valence-electron chi connectivity index (χ0n) is 8.82. The molecule has 2 nitrogen and oxygen atoms in total. The molecule has 3 heteroatoms. The molecule has 0 radical (unpaired) electrons. The lowest BCUT2D eigenvalue weighted by molar-refractivity contribution is -0.568. The lowest BCUT2D eigenvalue weighted by Crippen LogP contribution is -2.77. The number of hydrogen-bond acceptors (Lipinski definition) is 2. The first kappa shape index (κ1) is 11.4. The molecule has 0 aliphatic carbocycles. The van der Waals surface area contributed by atoms with Crippen LogP contribution in [0, 0.1) is 0 Å². The maximum atomic E-state index is 5.66. The lowest BCUT2D eigenvalue weighted by atomic mass is 10.3. The standard InChI is InChI=1S/C11H17NOS/c1-3-12-10-7-5-6-8-11(10)13-9-14-4-2/h5-8,12H,3-4,9H2,1-2H3/p+1. The minimum atomic E-state index is 0.741. The minimum Gasteiger partial charge on any atom is -0.477 e. The molecule has 0 heterocycles. The quantitative estimate of drug-likeness (QED) is 0.443. The second-order valence-corrected chi connectivity index (χ2v) is 4.13. The number of ether oxygens (including phenoxy) is 1. The van der Waals surface area contributed by atoms with Gasteiger partial charge in [0, 0.05) is 6.07 Å². The summed E-state index contributed by atoms with van der Waals surface area (Å²) in [4.78, 5) is 0. The highest BCUT2D eigenvalue weighted by Gasteiger charge is 2.04. The van der Waals surface area contributed by atoms with Gasteiger partial charge in [-0.1, -0.05) is 19.1 Å². The molecule has 1 rings (SSSR count). The van der Waals surface area contributed by atoms with Gasteiger partial charge in [-0.05, 0) is 18.7 Å². The van der Waals surface area contributed by atoms with Crippen molar-refractivity contribution in [3.8, 4) is 5.75 Å². The molecule has 1 aromatic carbocycles. The van der Waals surface area contributed by atoms with Crippen LogP contribution in [-0.4, -0.2) is 18.2 Å². The topological polar surface area (TPSA) is 25.8 Å². The Labute approximate surface area is 90.0 Å². The summed E-state index contributed by atoms with van der Waals surface area (Å²) in [6.45, 7) is 5.32. The Morgan fingerprint density at radius 1 is 1.29 bits per heavy atom. The van der Waals surface area contributed by atoms with E-state index < -0.39 is 0 Å². The molecule has 1 aromatic rings. The number of quaternary nitrogens is 1. The van der Waals surface area contributed by atoms with E-state index in [-0.39, 0.29) is 0 Å². The summed E-state index contributed by atoms with van der Waals surface area (Å²) in [6, 6.07) is 8.17. The van der Waals surface area contributed by atoms with Gasteiger partial charge in [-0.15, -0.1) is 11.8 Å². The monoisotopic (exact) mass is 212 g/mol. The summed E-state index contributed by atoms with van der Waals surface area (Å²) in [5.41, 5.74) is 1.20. The first-order chi connectivity index (χ1) is 6.88. The Hall–Kier alpha value is -0.670. The van der Waals surface area contributed by atoms with Crippen molar-refractivity contribution in [1.29, 1.82) is 0 Å². The van der Waals surface area contributed by atoms with E-state index in [9.17, 15) is 0 Å². The molecule has 0 amide bonds. The van der Waals surface area contributed by atoms with Crippen molar-refractivity contribution in [3.63, 3.8) is 0 Å². The van der Waals surface area contributed by atoms with Gasteiger partial charge >= 0.3 is 0 Å². The van der Waals surface area contributed by atoms with Crippen LogP contribution in [0.15, 0.2) is 24.3 Å². The van der Waals surface area contributed by atoms with E-state index in [1.165, 1.54) is 5.69 Å². The van der Waals surface area contributed by atoms with E-state index in [0.29, 0.717) is 0 Å². The molecular formula is C11H18NOS+. The summed E-state index contributed by atoms with van der Waals surface area (Å²) >= 11 is 1.79. The minimum absolute atomic E-state index is 0.741. The fraction of sp³-hybridized carbons (Fsp3) is 0.455. The van der Waals surface area contributed by atoms with Gasteiger partial charge < -0.3 is 10.1 Å². The highest BCUT2D eigenvalue weighted by Crippen LogP contribution is 2.19. The Morgan fingerprint density at radius 2 is 2.07 bits per heavy atom. The van der Waals surface area contributed by atoms with Crippen molar-refractivity contribution >= 4 is 17.4 Å². The highest BCUT2D eigenvalue weighted by molar-refractivity contribution is 7.99. The smallest absolute Gasteiger partial charge is 0.181 e. The van der Waals surface area contributed by atoms with Crippen molar-refractivity contribution < 1.29 is 10.1 Å². The second kappa shape index (κ2) is 6.74. The average molecular weight is 212 g/mol. The van der Waals surface area contributed by atoms with E-state index in [4.69, 9.17) is 4.74 Å². The first-order valence-corrected chi connectivity index (χ1v) is 6.16. The summed E-state index contributed by atoms with van der Waals surface area (Å²) < 4.78 is 5.66. The summed E-state index contributed by atoms with van der Waals surface area (Å²) in [7, 11) is 0. The van der Waals surface area contributed by atoms with Gasteiger partial charge in [0.25, 0.3) is 0 Å². The van der Waals surface area contributed by atoms with Gasteiger partial charge in [-0.25, -0.2) is 0 Å². The third kappa shape index (κ3) is 3.60. The van der Waals surface area contributed by atoms with Crippen molar-refractivity contribution in [3.05, 3.63) is 24.3 Å². The largest absolute Gasteiger partial charge is 0.477 e. The Balaban J connectivity index is 2.55. The molecule has 2 N–H and O–H groups in total. The molecule has 0 saturated heterocycles. The van der Waals surface area contributed by atoms with E-state index in [1.54, 1.807) is 11.8 Å². The number of para-hydroxylation sites is 2. The van der Waals surface area contributed by atoms with Crippen molar-refractivity contribution in [2.45, 2.75) is 13.8 Å². The van der Waals surface area contributed by atoms with Crippen molar-refractivity contribution in [2.75, 3.05) is 18.2 Å². The third-order valence-corrected chi connectivity index (χ3v) is 2.54. The molecule has 78 valence electrons. The Bertz CT molecular complexity index is 265. The van der Waals surface area contributed by atoms with E-state index in [1.807, 2.05) is 18.2 Å². The number of hydrogen-bond donors (Lipinski definition) is 1. The normalized spacial score (nSPS) is 10.1. The highest BCUT2D eigenvalue weighted by atomic mass is 32.2. The SMILES string of the molecule is CC[NH2+]c1ccccc1OCSCC. The van der Waals surface area contributed by atoms with Crippen LogP contribution < -0.4 is 10.1 Å². The summed E-state index contributed by atoms with van der Waals surface area (Å²) in [6.07, 6.45) is 0. The van der Waals surface area contributed by atoms with Crippen LogP contribution in [0.2, 0.25) is 0 Å². The number of benzene rings is 1. The predicted octanol–water partition coefficient (Wildman–Crippen LogP) is 1.99. The fourth-order valence-electron chi connectivity index (χ4n) is 1.19. The van der Waals surface area contributed by atoms with Gasteiger partial charge in [-0.3, -0.25) is 0 Å². The van der Waals surface area contributed by atoms with Gasteiger partial charge in [0.15, 0.2) is 11.4 Å². The molecule has 0 aliphatic heterocycles. The van der Waals surface area contributed by atoms with E-state index >= 15 is 0 Å². The van der Waals surface area contributed by atoms with Crippen LogP contribution in [0.1, 0.15) is 13.8 Å². The molecule has 0 spiro atoms. The van der Waals surface area contributed by atoms with E-state index in [0.717, 1.165) is 24.0 Å². The van der Waals surface area contributed by atoms with Crippen LogP contribution >= 0.6 is 11.8 Å². The van der Waals surface area contributed by atoms with Crippen LogP contribution in [0.5, 0.6) is 5.75 Å². The zero-order valence-corrected chi connectivity index (χ0v) is 9.64. The van der Waals surface area contributed by atoms with Gasteiger partial charge in [0.1, 0.15) is 5.94 Å². The Kier molecular flexibility index (Phi) is 5.49. The molecule has 0 fully saturated rings.